The lowest BCUT2D eigenvalue weighted by atomic mass is 10.1. The number of nitrogens with zero attached hydrogens (tertiary/aromatic N) is 2. The number of amides is 1. The standard InChI is InChI=1S/C25H33N3O2/c1-2-3-5-20-6-8-22(9-7-20)28-15-13-27(14-16-28)12-4-17-30-23-10-11-24-21(18-23)19-25(29)26-24/h6-11,18H,2-5,12-17,19H2,1H3,(H,26,29). The summed E-state index contributed by atoms with van der Waals surface area (Å²) in [5.41, 5.74) is 4.75. The highest BCUT2D eigenvalue weighted by atomic mass is 16.5. The Morgan fingerprint density at radius 3 is 2.57 bits per heavy atom. The molecule has 0 aliphatic carbocycles. The highest BCUT2D eigenvalue weighted by Gasteiger charge is 2.18. The van der Waals surface area contributed by atoms with E-state index in [1.54, 1.807) is 0 Å². The van der Waals surface area contributed by atoms with Gasteiger partial charge in [-0.2, -0.15) is 0 Å². The number of aryl methyl sites for hydroxylation is 1. The van der Waals surface area contributed by atoms with Crippen LogP contribution in [0.3, 0.4) is 0 Å². The predicted molar refractivity (Wildman–Crippen MR) is 123 cm³/mol. The molecule has 0 unspecified atom stereocenters. The van der Waals surface area contributed by atoms with Crippen molar-refractivity contribution >= 4 is 17.3 Å². The largest absolute Gasteiger partial charge is 0.494 e. The first-order valence-corrected chi connectivity index (χ1v) is 11.3. The maximum atomic E-state index is 11.5. The number of benzene rings is 2. The minimum Gasteiger partial charge on any atom is -0.494 e. The molecule has 0 atom stereocenters. The number of ether oxygens (including phenoxy) is 1. The Balaban J connectivity index is 1.15. The van der Waals surface area contributed by atoms with Crippen molar-refractivity contribution in [1.82, 2.24) is 4.90 Å². The van der Waals surface area contributed by atoms with E-state index in [2.05, 4.69) is 46.3 Å². The van der Waals surface area contributed by atoms with Gasteiger partial charge in [0.1, 0.15) is 5.75 Å². The van der Waals surface area contributed by atoms with Crippen LogP contribution in [-0.4, -0.2) is 50.1 Å². The van der Waals surface area contributed by atoms with E-state index in [1.165, 1.54) is 30.5 Å². The van der Waals surface area contributed by atoms with E-state index < -0.39 is 0 Å². The van der Waals surface area contributed by atoms with Crippen LogP contribution in [0.2, 0.25) is 0 Å². The van der Waals surface area contributed by atoms with E-state index in [9.17, 15) is 4.79 Å². The second-order valence-electron chi connectivity index (χ2n) is 8.34. The van der Waals surface area contributed by atoms with Crippen LogP contribution in [-0.2, 0) is 17.6 Å². The molecule has 2 aromatic rings. The Labute approximate surface area is 180 Å². The number of anilines is 2. The molecule has 1 N–H and O–H groups in total. The van der Waals surface area contributed by atoms with Gasteiger partial charge in [-0.25, -0.2) is 0 Å². The maximum Gasteiger partial charge on any atom is 0.228 e. The van der Waals surface area contributed by atoms with Gasteiger partial charge in [0.05, 0.1) is 13.0 Å². The zero-order valence-corrected chi connectivity index (χ0v) is 18.0. The summed E-state index contributed by atoms with van der Waals surface area (Å²) >= 11 is 0. The second-order valence-corrected chi connectivity index (χ2v) is 8.34. The lowest BCUT2D eigenvalue weighted by molar-refractivity contribution is -0.115. The Hall–Kier alpha value is -2.53. The van der Waals surface area contributed by atoms with Crippen molar-refractivity contribution < 1.29 is 9.53 Å². The molecular formula is C25H33N3O2. The van der Waals surface area contributed by atoms with Crippen LogP contribution >= 0.6 is 0 Å². The van der Waals surface area contributed by atoms with Gasteiger partial charge in [0.25, 0.3) is 0 Å². The average Bonchev–Trinajstić information content (AvgIpc) is 3.15. The summed E-state index contributed by atoms with van der Waals surface area (Å²) in [5, 5.41) is 2.86. The number of carbonyl (C=O) groups is 1. The number of rotatable bonds is 9. The van der Waals surface area contributed by atoms with Crippen LogP contribution in [0.15, 0.2) is 42.5 Å². The molecule has 1 saturated heterocycles. The predicted octanol–water partition coefficient (Wildman–Crippen LogP) is 4.11. The van der Waals surface area contributed by atoms with Gasteiger partial charge in [0, 0.05) is 44.1 Å². The fourth-order valence-electron chi connectivity index (χ4n) is 4.26. The van der Waals surface area contributed by atoms with E-state index in [0.717, 1.165) is 56.1 Å². The summed E-state index contributed by atoms with van der Waals surface area (Å²) in [5.74, 6) is 0.922. The van der Waals surface area contributed by atoms with Crippen LogP contribution in [0.5, 0.6) is 5.75 Å². The van der Waals surface area contributed by atoms with E-state index in [0.29, 0.717) is 13.0 Å². The van der Waals surface area contributed by atoms with Gasteiger partial charge in [0.15, 0.2) is 0 Å². The van der Waals surface area contributed by atoms with Crippen molar-refractivity contribution in [2.45, 2.75) is 39.0 Å². The summed E-state index contributed by atoms with van der Waals surface area (Å²) in [6, 6.07) is 15.0. The first kappa shape index (κ1) is 20.7. The normalized spacial score (nSPS) is 16.4. The molecule has 5 heteroatoms. The van der Waals surface area contributed by atoms with Gasteiger partial charge < -0.3 is 15.0 Å². The van der Waals surface area contributed by atoms with Crippen LogP contribution < -0.4 is 15.0 Å². The third-order valence-electron chi connectivity index (χ3n) is 6.08. The quantitative estimate of drug-likeness (QED) is 0.635. The van der Waals surface area contributed by atoms with E-state index >= 15 is 0 Å². The summed E-state index contributed by atoms with van der Waals surface area (Å²) in [4.78, 5) is 16.5. The number of fused-ring (bicyclic) bond motifs is 1. The monoisotopic (exact) mass is 407 g/mol. The van der Waals surface area contributed by atoms with Crippen LogP contribution in [0.25, 0.3) is 0 Å². The lowest BCUT2D eigenvalue weighted by Crippen LogP contribution is -2.46. The highest BCUT2D eigenvalue weighted by molar-refractivity contribution is 5.99. The molecule has 0 spiro atoms. The van der Waals surface area contributed by atoms with Crippen molar-refractivity contribution in [3.8, 4) is 5.75 Å². The second kappa shape index (κ2) is 9.98. The molecule has 4 rings (SSSR count). The SMILES string of the molecule is CCCCc1ccc(N2CCN(CCCOc3ccc4c(c3)CC(=O)N4)CC2)cc1. The minimum absolute atomic E-state index is 0.0636. The van der Waals surface area contributed by atoms with E-state index in [-0.39, 0.29) is 5.91 Å². The summed E-state index contributed by atoms with van der Waals surface area (Å²) in [6.45, 7) is 8.39. The van der Waals surface area contributed by atoms with Gasteiger partial charge in [0.2, 0.25) is 5.91 Å². The smallest absolute Gasteiger partial charge is 0.228 e. The Bertz CT molecular complexity index is 842. The fourth-order valence-corrected chi connectivity index (χ4v) is 4.26. The topological polar surface area (TPSA) is 44.8 Å². The summed E-state index contributed by atoms with van der Waals surface area (Å²) in [7, 11) is 0. The number of carbonyl (C=O) groups excluding carboxylic acids is 1. The molecule has 0 bridgehead atoms. The molecule has 2 aromatic carbocycles. The van der Waals surface area contributed by atoms with Crippen LogP contribution in [0.1, 0.15) is 37.3 Å². The van der Waals surface area contributed by atoms with E-state index in [4.69, 9.17) is 4.74 Å². The molecule has 0 radical (unpaired) electrons. The van der Waals surface area contributed by atoms with Gasteiger partial charge in [-0.05, 0) is 60.7 Å². The molecule has 5 nitrogen and oxygen atoms in total. The number of hydrogen-bond acceptors (Lipinski definition) is 4. The molecule has 2 aliphatic heterocycles. The number of nitrogens with one attached hydrogen (secondary N) is 1. The van der Waals surface area contributed by atoms with Crippen molar-refractivity contribution in [1.29, 1.82) is 0 Å². The van der Waals surface area contributed by atoms with Gasteiger partial charge >= 0.3 is 0 Å². The number of piperazine rings is 1. The van der Waals surface area contributed by atoms with Crippen molar-refractivity contribution in [3.63, 3.8) is 0 Å². The number of hydrogen-bond donors (Lipinski definition) is 1. The molecule has 160 valence electrons. The van der Waals surface area contributed by atoms with Gasteiger partial charge in [-0.1, -0.05) is 25.5 Å². The van der Waals surface area contributed by atoms with Crippen LogP contribution in [0, 0.1) is 0 Å². The molecule has 1 amide bonds. The third-order valence-corrected chi connectivity index (χ3v) is 6.08. The maximum absolute atomic E-state index is 11.5. The molecule has 1 fully saturated rings. The minimum atomic E-state index is 0.0636. The molecule has 30 heavy (non-hydrogen) atoms. The van der Waals surface area contributed by atoms with Gasteiger partial charge in [-0.3, -0.25) is 9.69 Å². The molecular weight excluding hydrogens is 374 g/mol. The number of unbranched alkanes of at least 4 members (excludes halogenated alkanes) is 1. The van der Waals surface area contributed by atoms with Crippen molar-refractivity contribution in [2.75, 3.05) is 49.5 Å². The Morgan fingerprint density at radius 2 is 1.80 bits per heavy atom. The van der Waals surface area contributed by atoms with Crippen molar-refractivity contribution in [2.24, 2.45) is 0 Å². The van der Waals surface area contributed by atoms with Crippen LogP contribution in [0.4, 0.5) is 11.4 Å². The summed E-state index contributed by atoms with van der Waals surface area (Å²) in [6.07, 6.45) is 5.18. The Kier molecular flexibility index (Phi) is 6.90. The molecule has 2 heterocycles. The third kappa shape index (κ3) is 5.33. The van der Waals surface area contributed by atoms with Gasteiger partial charge in [-0.15, -0.1) is 0 Å². The molecule has 0 saturated carbocycles. The fraction of sp³-hybridized carbons (Fsp3) is 0.480. The highest BCUT2D eigenvalue weighted by Crippen LogP contribution is 2.27. The zero-order chi connectivity index (χ0) is 20.8. The summed E-state index contributed by atoms with van der Waals surface area (Å²) < 4.78 is 5.91. The van der Waals surface area contributed by atoms with Crippen molar-refractivity contribution in [3.05, 3.63) is 53.6 Å². The first-order valence-electron chi connectivity index (χ1n) is 11.3. The lowest BCUT2D eigenvalue weighted by Gasteiger charge is -2.36. The van der Waals surface area contributed by atoms with E-state index in [1.807, 2.05) is 18.2 Å². The molecule has 2 aliphatic rings. The first-order chi connectivity index (χ1) is 14.7. The average molecular weight is 408 g/mol. The zero-order valence-electron chi connectivity index (χ0n) is 18.0. The molecule has 0 aromatic heterocycles. The Morgan fingerprint density at radius 1 is 1.00 bits per heavy atom.